The molecule has 0 aliphatic heterocycles. The van der Waals surface area contributed by atoms with Gasteiger partial charge in [0.15, 0.2) is 12.0 Å². The Labute approximate surface area is 132 Å². The number of fused-ring (bicyclic) bond motifs is 5. The highest BCUT2D eigenvalue weighted by molar-refractivity contribution is 5.91. The third-order valence-electron chi connectivity index (χ3n) is 7.77. The molecule has 2 unspecified atom stereocenters. The average Bonchev–Trinajstić information content (AvgIpc) is 2.86. The first-order valence-electron chi connectivity index (χ1n) is 8.93. The van der Waals surface area contributed by atoms with E-state index in [1.54, 1.807) is 0 Å². The second kappa shape index (κ2) is 4.66. The molecule has 1 N–H and O–H groups in total. The summed E-state index contributed by atoms with van der Waals surface area (Å²) in [4.78, 5) is 11.9. The number of aliphatic hydroxyl groups excluding tert-OH is 1. The molecule has 3 fully saturated rings. The molecule has 0 radical (unpaired) electrons. The number of hydrogen-bond donors (Lipinski definition) is 1. The maximum absolute atomic E-state index is 14.5. The first-order valence-corrected chi connectivity index (χ1v) is 8.93. The summed E-state index contributed by atoms with van der Waals surface area (Å²) >= 11 is 0. The van der Waals surface area contributed by atoms with Crippen molar-refractivity contribution in [3.63, 3.8) is 0 Å². The van der Waals surface area contributed by atoms with Crippen LogP contribution in [0.25, 0.3) is 0 Å². The van der Waals surface area contributed by atoms with E-state index in [4.69, 9.17) is 0 Å². The van der Waals surface area contributed by atoms with Gasteiger partial charge in [-0.25, -0.2) is 4.39 Å². The zero-order chi connectivity index (χ0) is 15.7. The number of ketones is 1. The van der Waals surface area contributed by atoms with Gasteiger partial charge in [-0.2, -0.15) is 0 Å². The molecule has 3 heteroatoms. The van der Waals surface area contributed by atoms with Crippen LogP contribution in [-0.4, -0.2) is 23.2 Å². The summed E-state index contributed by atoms with van der Waals surface area (Å²) in [5, 5.41) is 10.1. The molecule has 0 aromatic rings. The van der Waals surface area contributed by atoms with Gasteiger partial charge in [0.25, 0.3) is 0 Å². The quantitative estimate of drug-likeness (QED) is 0.691. The van der Waals surface area contributed by atoms with E-state index < -0.39 is 18.1 Å². The number of halogens is 1. The number of carbonyl (C=O) groups is 1. The van der Waals surface area contributed by atoms with Gasteiger partial charge in [-0.05, 0) is 72.7 Å². The van der Waals surface area contributed by atoms with Crippen molar-refractivity contribution >= 4 is 5.78 Å². The van der Waals surface area contributed by atoms with Gasteiger partial charge < -0.3 is 5.11 Å². The van der Waals surface area contributed by atoms with Crippen molar-refractivity contribution in [2.75, 3.05) is 0 Å². The van der Waals surface area contributed by atoms with Crippen LogP contribution in [0.5, 0.6) is 0 Å². The van der Waals surface area contributed by atoms with Gasteiger partial charge in [-0.3, -0.25) is 4.79 Å². The number of aliphatic hydroxyl groups is 1. The molecule has 2 nitrogen and oxygen atoms in total. The smallest absolute Gasteiger partial charge is 0.199 e. The topological polar surface area (TPSA) is 37.3 Å². The molecule has 4 aliphatic carbocycles. The molecule has 122 valence electrons. The summed E-state index contributed by atoms with van der Waals surface area (Å²) in [5.74, 6) is 1.17. The van der Waals surface area contributed by atoms with Crippen molar-refractivity contribution in [1.29, 1.82) is 0 Å². The van der Waals surface area contributed by atoms with Crippen LogP contribution in [0.3, 0.4) is 0 Å². The van der Waals surface area contributed by atoms with Crippen LogP contribution in [0.4, 0.5) is 4.39 Å². The summed E-state index contributed by atoms with van der Waals surface area (Å²) in [6.45, 7) is 4.55. The maximum Gasteiger partial charge on any atom is 0.199 e. The molecule has 7 atom stereocenters. The highest BCUT2D eigenvalue weighted by Crippen LogP contribution is 2.64. The van der Waals surface area contributed by atoms with E-state index in [-0.39, 0.29) is 5.41 Å². The maximum atomic E-state index is 14.5. The second-order valence-electron chi connectivity index (χ2n) is 8.76. The van der Waals surface area contributed by atoms with E-state index in [0.717, 1.165) is 18.8 Å². The van der Waals surface area contributed by atoms with Crippen LogP contribution in [0.15, 0.2) is 11.6 Å². The predicted octanol–water partition coefficient (Wildman–Crippen LogP) is 3.83. The van der Waals surface area contributed by atoms with Gasteiger partial charge >= 0.3 is 0 Å². The monoisotopic (exact) mass is 306 g/mol. The van der Waals surface area contributed by atoms with Crippen LogP contribution >= 0.6 is 0 Å². The summed E-state index contributed by atoms with van der Waals surface area (Å²) in [5.41, 5.74) is 0.839. The lowest BCUT2D eigenvalue weighted by atomic mass is 9.48. The Hall–Kier alpha value is -0.700. The summed E-state index contributed by atoms with van der Waals surface area (Å²) in [6.07, 6.45) is 6.99. The second-order valence-corrected chi connectivity index (χ2v) is 8.76. The number of alkyl halides is 1. The zero-order valence-electron chi connectivity index (χ0n) is 13.6. The SMILES string of the molecule is C[C@@]12CCC[C@H]1[C@@H]1CC=C3C(F)C(=O)C(O)C[C@]3(C)[C@@H]1CC2. The lowest BCUT2D eigenvalue weighted by Crippen LogP contribution is -2.54. The van der Waals surface area contributed by atoms with E-state index in [9.17, 15) is 14.3 Å². The molecule has 4 aliphatic rings. The molecular formula is C19H27FO2. The van der Waals surface area contributed by atoms with E-state index in [0.29, 0.717) is 29.2 Å². The predicted molar refractivity (Wildman–Crippen MR) is 83.0 cm³/mol. The third kappa shape index (κ3) is 1.78. The van der Waals surface area contributed by atoms with Gasteiger partial charge in [-0.15, -0.1) is 0 Å². The molecule has 0 bridgehead atoms. The van der Waals surface area contributed by atoms with Crippen molar-refractivity contribution in [1.82, 2.24) is 0 Å². The Balaban J connectivity index is 1.73. The van der Waals surface area contributed by atoms with Crippen LogP contribution in [0, 0.1) is 28.6 Å². The van der Waals surface area contributed by atoms with Crippen molar-refractivity contribution < 1.29 is 14.3 Å². The van der Waals surface area contributed by atoms with Gasteiger partial charge in [0.05, 0.1) is 0 Å². The van der Waals surface area contributed by atoms with Gasteiger partial charge in [0, 0.05) is 0 Å². The Kier molecular flexibility index (Phi) is 3.15. The minimum Gasteiger partial charge on any atom is -0.385 e. The van der Waals surface area contributed by atoms with Crippen LogP contribution < -0.4 is 0 Å². The van der Waals surface area contributed by atoms with Crippen molar-refractivity contribution in [2.45, 2.75) is 71.1 Å². The first-order chi connectivity index (χ1) is 10.4. The molecule has 0 spiro atoms. The molecule has 0 saturated heterocycles. The minimum absolute atomic E-state index is 0.320. The molecular weight excluding hydrogens is 279 g/mol. The van der Waals surface area contributed by atoms with Crippen LogP contribution in [0.1, 0.15) is 58.8 Å². The van der Waals surface area contributed by atoms with E-state index in [1.165, 1.54) is 25.7 Å². The van der Waals surface area contributed by atoms with E-state index >= 15 is 0 Å². The highest BCUT2D eigenvalue weighted by Gasteiger charge is 2.59. The van der Waals surface area contributed by atoms with Gasteiger partial charge in [-0.1, -0.05) is 26.3 Å². The largest absolute Gasteiger partial charge is 0.385 e. The molecule has 4 rings (SSSR count). The van der Waals surface area contributed by atoms with Crippen molar-refractivity contribution in [3.05, 3.63) is 11.6 Å². The number of hydrogen-bond acceptors (Lipinski definition) is 2. The first kappa shape index (κ1) is 14.9. The van der Waals surface area contributed by atoms with E-state index in [2.05, 4.69) is 13.8 Å². The summed E-state index contributed by atoms with van der Waals surface area (Å²) in [6, 6.07) is 0. The normalized spacial score (nSPS) is 54.3. The molecule has 0 amide bonds. The average molecular weight is 306 g/mol. The third-order valence-corrected chi connectivity index (χ3v) is 7.77. The molecule has 22 heavy (non-hydrogen) atoms. The summed E-state index contributed by atoms with van der Waals surface area (Å²) < 4.78 is 14.5. The van der Waals surface area contributed by atoms with Crippen molar-refractivity contribution in [3.8, 4) is 0 Å². The van der Waals surface area contributed by atoms with Gasteiger partial charge in [0.2, 0.25) is 0 Å². The van der Waals surface area contributed by atoms with Crippen LogP contribution in [0.2, 0.25) is 0 Å². The Morgan fingerprint density at radius 2 is 2.00 bits per heavy atom. The summed E-state index contributed by atoms with van der Waals surface area (Å²) in [7, 11) is 0. The molecule has 3 saturated carbocycles. The fourth-order valence-electron chi connectivity index (χ4n) is 6.60. The van der Waals surface area contributed by atoms with Crippen LogP contribution in [-0.2, 0) is 4.79 Å². The lowest BCUT2D eigenvalue weighted by molar-refractivity contribution is -0.139. The number of rotatable bonds is 0. The van der Waals surface area contributed by atoms with E-state index in [1.807, 2.05) is 6.08 Å². The number of Topliss-reactive ketones (excluding diaryl/α,β-unsaturated/α-hetero) is 1. The number of allylic oxidation sites excluding steroid dienone is 2. The molecule has 0 heterocycles. The Morgan fingerprint density at radius 3 is 2.77 bits per heavy atom. The highest BCUT2D eigenvalue weighted by atomic mass is 19.1. The molecule has 0 aromatic heterocycles. The lowest BCUT2D eigenvalue weighted by Gasteiger charge is -2.57. The zero-order valence-corrected chi connectivity index (χ0v) is 13.6. The minimum atomic E-state index is -1.58. The molecule has 0 aromatic carbocycles. The Bertz CT molecular complexity index is 542. The Morgan fingerprint density at radius 1 is 1.23 bits per heavy atom. The number of carbonyl (C=O) groups excluding carboxylic acids is 1. The van der Waals surface area contributed by atoms with Crippen molar-refractivity contribution in [2.24, 2.45) is 28.6 Å². The van der Waals surface area contributed by atoms with Gasteiger partial charge in [0.1, 0.15) is 6.10 Å². The fraction of sp³-hybridized carbons (Fsp3) is 0.842. The standard InChI is InChI=1S/C19H27FO2/c1-18-8-3-4-12(18)11-5-6-14-16(20)17(22)15(21)10-19(14,2)13(11)7-9-18/h6,11-13,15-16,21H,3-5,7-10H2,1-2H3/t11-,12-,13+,15?,16?,18-,19+/m0/s1. The fourth-order valence-corrected chi connectivity index (χ4v) is 6.60.